The van der Waals surface area contributed by atoms with Crippen molar-refractivity contribution in [3.63, 3.8) is 0 Å². The molecule has 1 aromatic carbocycles. The summed E-state index contributed by atoms with van der Waals surface area (Å²) in [6.07, 6.45) is 0.907. The number of benzene rings is 1. The number of aliphatic hydroxyl groups is 1. The minimum Gasteiger partial charge on any atom is -0.491 e. The monoisotopic (exact) mass is 294 g/mol. The molecule has 2 unspecified atom stereocenters. The van der Waals surface area contributed by atoms with Gasteiger partial charge >= 0.3 is 6.03 Å². The Morgan fingerprint density at radius 1 is 1.38 bits per heavy atom. The van der Waals surface area contributed by atoms with Gasteiger partial charge in [-0.25, -0.2) is 4.79 Å². The number of nitrogens with one attached hydrogen (secondary N) is 2. The molecule has 0 fully saturated rings. The van der Waals surface area contributed by atoms with Crippen LogP contribution in [-0.4, -0.2) is 30.4 Å². The lowest BCUT2D eigenvalue weighted by atomic mass is 10.1. The number of ether oxygens (including phenoxy) is 1. The minimum absolute atomic E-state index is 0.00424. The Hall–Kier alpha value is -1.75. The first-order valence-electron chi connectivity index (χ1n) is 7.39. The van der Waals surface area contributed by atoms with Crippen LogP contribution in [0.4, 0.5) is 10.5 Å². The van der Waals surface area contributed by atoms with E-state index in [4.69, 9.17) is 9.84 Å². The number of aliphatic hydroxyl groups excluding tert-OH is 1. The van der Waals surface area contributed by atoms with Gasteiger partial charge < -0.3 is 20.5 Å². The summed E-state index contributed by atoms with van der Waals surface area (Å²) in [7, 11) is 0. The zero-order valence-electron chi connectivity index (χ0n) is 13.3. The van der Waals surface area contributed by atoms with Crippen molar-refractivity contribution < 1.29 is 14.6 Å². The van der Waals surface area contributed by atoms with Gasteiger partial charge in [0.1, 0.15) is 5.75 Å². The summed E-state index contributed by atoms with van der Waals surface area (Å²) in [5.74, 6) is 0.680. The van der Waals surface area contributed by atoms with Crippen LogP contribution in [0, 0.1) is 12.8 Å². The van der Waals surface area contributed by atoms with Gasteiger partial charge in [0.15, 0.2) is 0 Å². The lowest BCUT2D eigenvalue weighted by molar-refractivity contribution is 0.204. The number of amides is 2. The van der Waals surface area contributed by atoms with Gasteiger partial charge in [-0.2, -0.15) is 0 Å². The predicted octanol–water partition coefficient (Wildman–Crippen LogP) is 2.92. The molecule has 0 bridgehead atoms. The molecule has 0 aliphatic heterocycles. The standard InChI is InChI=1S/C16H26N2O3/c1-5-8-21-15-9-11(2)6-7-14(15)18-16(20)17-13(4)12(3)10-19/h6-7,9,12-13,19H,5,8,10H2,1-4H3,(H2,17,18,20). The zero-order valence-corrected chi connectivity index (χ0v) is 13.3. The van der Waals surface area contributed by atoms with E-state index in [9.17, 15) is 4.79 Å². The molecule has 0 spiro atoms. The normalized spacial score (nSPS) is 13.4. The maximum Gasteiger partial charge on any atom is 0.319 e. The molecule has 5 heteroatoms. The number of carbonyl (C=O) groups excluding carboxylic acids is 1. The van der Waals surface area contributed by atoms with Crippen LogP contribution in [0.3, 0.4) is 0 Å². The van der Waals surface area contributed by atoms with Gasteiger partial charge in [-0.15, -0.1) is 0 Å². The van der Waals surface area contributed by atoms with Gasteiger partial charge in [-0.1, -0.05) is 19.9 Å². The summed E-state index contributed by atoms with van der Waals surface area (Å²) in [5, 5.41) is 14.7. The summed E-state index contributed by atoms with van der Waals surface area (Å²) in [6.45, 7) is 8.41. The first-order chi connectivity index (χ1) is 9.97. The second-order valence-corrected chi connectivity index (χ2v) is 5.40. The highest BCUT2D eigenvalue weighted by Crippen LogP contribution is 2.25. The van der Waals surface area contributed by atoms with Gasteiger partial charge in [0.2, 0.25) is 0 Å². The third-order valence-corrected chi connectivity index (χ3v) is 3.35. The Morgan fingerprint density at radius 3 is 2.71 bits per heavy atom. The van der Waals surface area contributed by atoms with Gasteiger partial charge in [0, 0.05) is 12.6 Å². The van der Waals surface area contributed by atoms with Crippen molar-refractivity contribution in [2.24, 2.45) is 5.92 Å². The van der Waals surface area contributed by atoms with E-state index >= 15 is 0 Å². The molecule has 0 saturated carbocycles. The minimum atomic E-state index is -0.298. The van der Waals surface area contributed by atoms with Crippen LogP contribution in [0.15, 0.2) is 18.2 Å². The fraction of sp³-hybridized carbons (Fsp3) is 0.562. The van der Waals surface area contributed by atoms with Crippen molar-refractivity contribution in [3.8, 4) is 5.75 Å². The number of carbonyl (C=O) groups is 1. The van der Waals surface area contributed by atoms with E-state index in [1.54, 1.807) is 0 Å². The molecule has 0 aromatic heterocycles. The fourth-order valence-corrected chi connectivity index (χ4v) is 1.73. The van der Waals surface area contributed by atoms with Crippen LogP contribution in [0.5, 0.6) is 5.75 Å². The highest BCUT2D eigenvalue weighted by molar-refractivity contribution is 5.91. The molecule has 0 aliphatic carbocycles. The highest BCUT2D eigenvalue weighted by Gasteiger charge is 2.15. The summed E-state index contributed by atoms with van der Waals surface area (Å²) in [4.78, 5) is 12.0. The summed E-state index contributed by atoms with van der Waals surface area (Å²) < 4.78 is 5.66. The van der Waals surface area contributed by atoms with Crippen LogP contribution >= 0.6 is 0 Å². The first-order valence-corrected chi connectivity index (χ1v) is 7.39. The molecular formula is C16H26N2O3. The van der Waals surface area contributed by atoms with Crippen molar-refractivity contribution in [1.82, 2.24) is 5.32 Å². The molecule has 2 atom stereocenters. The number of urea groups is 1. The Kier molecular flexibility index (Phi) is 7.02. The average Bonchev–Trinajstić information content (AvgIpc) is 2.46. The van der Waals surface area contributed by atoms with E-state index in [-0.39, 0.29) is 24.6 Å². The van der Waals surface area contributed by atoms with Crippen molar-refractivity contribution in [2.75, 3.05) is 18.5 Å². The smallest absolute Gasteiger partial charge is 0.319 e. The maximum absolute atomic E-state index is 12.0. The number of anilines is 1. The van der Waals surface area contributed by atoms with E-state index in [2.05, 4.69) is 10.6 Å². The lowest BCUT2D eigenvalue weighted by Crippen LogP contribution is -2.40. The predicted molar refractivity (Wildman–Crippen MR) is 84.8 cm³/mol. The van der Waals surface area contributed by atoms with Crippen LogP contribution < -0.4 is 15.4 Å². The van der Waals surface area contributed by atoms with Crippen molar-refractivity contribution in [2.45, 2.75) is 40.2 Å². The molecule has 1 rings (SSSR count). The molecule has 0 radical (unpaired) electrons. The number of aryl methyl sites for hydroxylation is 1. The Bertz CT molecular complexity index is 463. The van der Waals surface area contributed by atoms with E-state index in [0.717, 1.165) is 12.0 Å². The van der Waals surface area contributed by atoms with Crippen LogP contribution in [-0.2, 0) is 0 Å². The molecule has 1 aromatic rings. The molecular weight excluding hydrogens is 268 g/mol. The van der Waals surface area contributed by atoms with Gasteiger partial charge in [0.25, 0.3) is 0 Å². The Balaban J connectivity index is 2.70. The van der Waals surface area contributed by atoms with Crippen molar-refractivity contribution in [1.29, 1.82) is 0 Å². The Labute approximate surface area is 126 Å². The van der Waals surface area contributed by atoms with Crippen molar-refractivity contribution >= 4 is 11.7 Å². The van der Waals surface area contributed by atoms with Gasteiger partial charge in [0.05, 0.1) is 12.3 Å². The lowest BCUT2D eigenvalue weighted by Gasteiger charge is -2.20. The fourth-order valence-electron chi connectivity index (χ4n) is 1.73. The maximum atomic E-state index is 12.0. The molecule has 21 heavy (non-hydrogen) atoms. The molecule has 0 aliphatic rings. The topological polar surface area (TPSA) is 70.6 Å². The Morgan fingerprint density at radius 2 is 2.10 bits per heavy atom. The number of hydrogen-bond donors (Lipinski definition) is 3. The summed E-state index contributed by atoms with van der Waals surface area (Å²) in [6, 6.07) is 5.26. The summed E-state index contributed by atoms with van der Waals surface area (Å²) >= 11 is 0. The largest absolute Gasteiger partial charge is 0.491 e. The molecule has 5 nitrogen and oxygen atoms in total. The third-order valence-electron chi connectivity index (χ3n) is 3.35. The van der Waals surface area contributed by atoms with E-state index in [0.29, 0.717) is 18.0 Å². The third kappa shape index (κ3) is 5.63. The molecule has 0 saturated heterocycles. The van der Waals surface area contributed by atoms with Crippen LogP contribution in [0.1, 0.15) is 32.8 Å². The van der Waals surface area contributed by atoms with E-state index in [1.165, 1.54) is 0 Å². The number of rotatable bonds is 7. The molecule has 2 amide bonds. The van der Waals surface area contributed by atoms with Crippen LogP contribution in [0.2, 0.25) is 0 Å². The molecule has 0 heterocycles. The quantitative estimate of drug-likeness (QED) is 0.724. The van der Waals surface area contributed by atoms with Crippen LogP contribution in [0.25, 0.3) is 0 Å². The van der Waals surface area contributed by atoms with E-state index in [1.807, 2.05) is 45.9 Å². The van der Waals surface area contributed by atoms with E-state index < -0.39 is 0 Å². The first kappa shape index (κ1) is 17.3. The average molecular weight is 294 g/mol. The molecule has 118 valence electrons. The second kappa shape index (κ2) is 8.52. The second-order valence-electron chi connectivity index (χ2n) is 5.40. The van der Waals surface area contributed by atoms with Crippen molar-refractivity contribution in [3.05, 3.63) is 23.8 Å². The zero-order chi connectivity index (χ0) is 15.8. The molecule has 3 N–H and O–H groups in total. The SMILES string of the molecule is CCCOc1cc(C)ccc1NC(=O)NC(C)C(C)CO. The van der Waals surface area contributed by atoms with Gasteiger partial charge in [-0.05, 0) is 43.9 Å². The van der Waals surface area contributed by atoms with Gasteiger partial charge in [-0.3, -0.25) is 0 Å². The number of hydrogen-bond acceptors (Lipinski definition) is 3. The summed E-state index contributed by atoms with van der Waals surface area (Å²) in [5.41, 5.74) is 1.73. The highest BCUT2D eigenvalue weighted by atomic mass is 16.5.